The number of hydrogen-bond acceptors (Lipinski definition) is 2. The lowest BCUT2D eigenvalue weighted by molar-refractivity contribution is 0.568. The molecule has 1 aromatic heterocycles. The van der Waals surface area contributed by atoms with Crippen molar-refractivity contribution in [2.24, 2.45) is 0 Å². The van der Waals surface area contributed by atoms with Gasteiger partial charge in [0.2, 0.25) is 0 Å². The number of halogens is 2. The summed E-state index contributed by atoms with van der Waals surface area (Å²) in [5.41, 5.74) is 2.31. The van der Waals surface area contributed by atoms with Crippen LogP contribution in [0.1, 0.15) is 38.4 Å². The predicted octanol–water partition coefficient (Wildman–Crippen LogP) is 3.60. The Balaban J connectivity index is 2.38. The molecule has 0 bridgehead atoms. The monoisotopic (exact) mass is 293 g/mol. The molecule has 0 amide bonds. The third-order valence-corrected chi connectivity index (χ3v) is 3.28. The first-order valence-electron chi connectivity index (χ1n) is 7.27. The molecule has 0 aliphatic carbocycles. The highest BCUT2D eigenvalue weighted by molar-refractivity contribution is 5.37. The average molecular weight is 293 g/mol. The maximum atomic E-state index is 14.0. The van der Waals surface area contributed by atoms with Gasteiger partial charge in [-0.25, -0.2) is 13.5 Å². The number of nitrogens with zero attached hydrogens (tertiary/aromatic N) is 2. The molecule has 0 aliphatic heterocycles. The minimum atomic E-state index is -0.598. The number of hydrogen-bond donors (Lipinski definition) is 1. The van der Waals surface area contributed by atoms with Crippen LogP contribution in [0.2, 0.25) is 0 Å². The van der Waals surface area contributed by atoms with Crippen LogP contribution in [0, 0.1) is 11.6 Å². The van der Waals surface area contributed by atoms with Crippen molar-refractivity contribution >= 4 is 0 Å². The standard InChI is InChI=1S/C16H21F2N3/c1-4-5-15-12(9-19-11(2)3)10-20-21(15)16-7-6-13(17)8-14(16)18/h6-8,10-11,19H,4-5,9H2,1-3H3. The second kappa shape index (κ2) is 6.80. The first-order chi connectivity index (χ1) is 10.0. The lowest BCUT2D eigenvalue weighted by Crippen LogP contribution is -2.22. The normalized spacial score (nSPS) is 11.3. The van der Waals surface area contributed by atoms with Crippen molar-refractivity contribution in [1.29, 1.82) is 0 Å². The van der Waals surface area contributed by atoms with Gasteiger partial charge in [-0.05, 0) is 18.6 Å². The summed E-state index contributed by atoms with van der Waals surface area (Å²) in [5.74, 6) is -1.18. The quantitative estimate of drug-likeness (QED) is 0.882. The second-order valence-corrected chi connectivity index (χ2v) is 5.41. The molecular formula is C16H21F2N3. The summed E-state index contributed by atoms with van der Waals surface area (Å²) in [7, 11) is 0. The molecule has 2 rings (SSSR count). The van der Waals surface area contributed by atoms with Gasteiger partial charge < -0.3 is 5.32 Å². The molecule has 1 heterocycles. The molecule has 0 spiro atoms. The van der Waals surface area contributed by atoms with E-state index in [1.54, 1.807) is 10.9 Å². The topological polar surface area (TPSA) is 29.9 Å². The van der Waals surface area contributed by atoms with Gasteiger partial charge in [-0.1, -0.05) is 27.2 Å². The first-order valence-corrected chi connectivity index (χ1v) is 7.27. The molecule has 0 fully saturated rings. The Bertz CT molecular complexity index is 606. The highest BCUT2D eigenvalue weighted by atomic mass is 19.1. The van der Waals surface area contributed by atoms with E-state index in [1.165, 1.54) is 12.1 Å². The molecule has 114 valence electrons. The lowest BCUT2D eigenvalue weighted by Gasteiger charge is -2.11. The summed E-state index contributed by atoms with van der Waals surface area (Å²) >= 11 is 0. The minimum Gasteiger partial charge on any atom is -0.310 e. The summed E-state index contributed by atoms with van der Waals surface area (Å²) in [5, 5.41) is 7.63. The minimum absolute atomic E-state index is 0.288. The Labute approximate surface area is 124 Å². The van der Waals surface area contributed by atoms with Crippen molar-refractivity contribution in [2.75, 3.05) is 0 Å². The van der Waals surface area contributed by atoms with Crippen LogP contribution < -0.4 is 5.32 Å². The van der Waals surface area contributed by atoms with Crippen molar-refractivity contribution in [3.63, 3.8) is 0 Å². The number of aromatic nitrogens is 2. The van der Waals surface area contributed by atoms with Gasteiger partial charge in [0.25, 0.3) is 0 Å². The van der Waals surface area contributed by atoms with Gasteiger partial charge in [0, 0.05) is 29.9 Å². The van der Waals surface area contributed by atoms with Crippen molar-refractivity contribution in [1.82, 2.24) is 15.1 Å². The molecule has 0 radical (unpaired) electrons. The summed E-state index contributed by atoms with van der Waals surface area (Å²) in [6.07, 6.45) is 3.48. The van der Waals surface area contributed by atoms with E-state index in [1.807, 2.05) is 0 Å². The van der Waals surface area contributed by atoms with Crippen LogP contribution in [0.4, 0.5) is 8.78 Å². The molecule has 1 aromatic carbocycles. The molecule has 0 saturated carbocycles. The van der Waals surface area contributed by atoms with Crippen LogP contribution in [-0.2, 0) is 13.0 Å². The number of benzene rings is 1. The predicted molar refractivity (Wildman–Crippen MR) is 79.5 cm³/mol. The molecule has 0 saturated heterocycles. The Morgan fingerprint density at radius 2 is 2.05 bits per heavy atom. The molecule has 5 heteroatoms. The summed E-state index contributed by atoms with van der Waals surface area (Å²) in [6.45, 7) is 6.90. The Kier molecular flexibility index (Phi) is 5.07. The van der Waals surface area contributed by atoms with Gasteiger partial charge in [0.05, 0.1) is 6.20 Å². The van der Waals surface area contributed by atoms with Gasteiger partial charge in [-0.2, -0.15) is 5.10 Å². The molecule has 0 unspecified atom stereocenters. The maximum Gasteiger partial charge on any atom is 0.151 e. The fourth-order valence-corrected chi connectivity index (χ4v) is 2.23. The molecule has 0 atom stereocenters. The number of nitrogens with one attached hydrogen (secondary N) is 1. The van der Waals surface area contributed by atoms with Gasteiger partial charge >= 0.3 is 0 Å². The first kappa shape index (κ1) is 15.6. The summed E-state index contributed by atoms with van der Waals surface area (Å²) in [6, 6.07) is 3.93. The van der Waals surface area contributed by atoms with E-state index >= 15 is 0 Å². The van der Waals surface area contributed by atoms with E-state index in [0.717, 1.165) is 30.2 Å². The molecule has 3 nitrogen and oxygen atoms in total. The average Bonchev–Trinajstić information content (AvgIpc) is 2.80. The Hall–Kier alpha value is -1.75. The molecule has 0 aliphatic rings. The van der Waals surface area contributed by atoms with Gasteiger partial charge in [0.15, 0.2) is 5.82 Å². The third kappa shape index (κ3) is 3.67. The fraction of sp³-hybridized carbons (Fsp3) is 0.438. The zero-order chi connectivity index (χ0) is 15.4. The fourth-order valence-electron chi connectivity index (χ4n) is 2.23. The van der Waals surface area contributed by atoms with E-state index in [-0.39, 0.29) is 5.69 Å². The van der Waals surface area contributed by atoms with Crippen LogP contribution in [0.3, 0.4) is 0 Å². The molecule has 21 heavy (non-hydrogen) atoms. The van der Waals surface area contributed by atoms with Crippen LogP contribution in [0.15, 0.2) is 24.4 Å². The molecule has 2 aromatic rings. The maximum absolute atomic E-state index is 14.0. The van der Waals surface area contributed by atoms with E-state index in [2.05, 4.69) is 31.2 Å². The summed E-state index contributed by atoms with van der Waals surface area (Å²) < 4.78 is 28.6. The molecular weight excluding hydrogens is 272 g/mol. The van der Waals surface area contributed by atoms with Crippen LogP contribution >= 0.6 is 0 Å². The van der Waals surface area contributed by atoms with E-state index in [4.69, 9.17) is 0 Å². The Morgan fingerprint density at radius 3 is 2.67 bits per heavy atom. The van der Waals surface area contributed by atoms with Gasteiger partial charge in [0.1, 0.15) is 11.5 Å². The summed E-state index contributed by atoms with van der Waals surface area (Å²) in [4.78, 5) is 0. The van der Waals surface area contributed by atoms with E-state index in [9.17, 15) is 8.78 Å². The van der Waals surface area contributed by atoms with E-state index in [0.29, 0.717) is 12.6 Å². The van der Waals surface area contributed by atoms with Crippen LogP contribution in [0.25, 0.3) is 5.69 Å². The van der Waals surface area contributed by atoms with Gasteiger partial charge in [-0.3, -0.25) is 0 Å². The molecule has 1 N–H and O–H groups in total. The number of rotatable bonds is 6. The zero-order valence-electron chi connectivity index (χ0n) is 12.7. The largest absolute Gasteiger partial charge is 0.310 e. The van der Waals surface area contributed by atoms with Crippen molar-refractivity contribution in [3.05, 3.63) is 47.3 Å². The third-order valence-electron chi connectivity index (χ3n) is 3.28. The SMILES string of the molecule is CCCc1c(CNC(C)C)cnn1-c1ccc(F)cc1F. The highest BCUT2D eigenvalue weighted by Gasteiger charge is 2.15. The lowest BCUT2D eigenvalue weighted by atomic mass is 10.1. The van der Waals surface area contributed by atoms with E-state index < -0.39 is 11.6 Å². The second-order valence-electron chi connectivity index (χ2n) is 5.41. The Morgan fingerprint density at radius 1 is 1.29 bits per heavy atom. The smallest absolute Gasteiger partial charge is 0.151 e. The van der Waals surface area contributed by atoms with Gasteiger partial charge in [-0.15, -0.1) is 0 Å². The van der Waals surface area contributed by atoms with Crippen molar-refractivity contribution < 1.29 is 8.78 Å². The highest BCUT2D eigenvalue weighted by Crippen LogP contribution is 2.20. The van der Waals surface area contributed by atoms with Crippen molar-refractivity contribution in [2.45, 2.75) is 46.2 Å². The van der Waals surface area contributed by atoms with Crippen LogP contribution in [-0.4, -0.2) is 15.8 Å². The van der Waals surface area contributed by atoms with Crippen molar-refractivity contribution in [3.8, 4) is 5.69 Å². The zero-order valence-corrected chi connectivity index (χ0v) is 12.7. The van der Waals surface area contributed by atoms with Crippen LogP contribution in [0.5, 0.6) is 0 Å².